The van der Waals surface area contributed by atoms with Gasteiger partial charge in [0.15, 0.2) is 0 Å². The van der Waals surface area contributed by atoms with E-state index in [-0.39, 0.29) is 5.41 Å². The molecule has 0 aliphatic carbocycles. The molecule has 2 N–H and O–H groups in total. The van der Waals surface area contributed by atoms with Crippen LogP contribution in [0.1, 0.15) is 26.3 Å². The van der Waals surface area contributed by atoms with E-state index in [0.29, 0.717) is 10.7 Å². The van der Waals surface area contributed by atoms with Crippen molar-refractivity contribution >= 4 is 34.4 Å². The second-order valence-electron chi connectivity index (χ2n) is 8.70. The second kappa shape index (κ2) is 8.49. The van der Waals surface area contributed by atoms with E-state index in [1.54, 1.807) is 0 Å². The fraction of sp³-hybridized carbons (Fsp3) is 0.143. The lowest BCUT2D eigenvalue weighted by atomic mass is 9.81. The molecule has 0 unspecified atom stereocenters. The standard InChI is InChI=1S/C28H27ClN2/c1-28(2,3)24-17-11-10-16-23(24)27-25(29)18-20(30)19-26(27)31(21-12-6-4-7-13-21)22-14-8-5-9-15-22/h4-19H,30H2,1-3H3. The molecule has 31 heavy (non-hydrogen) atoms. The third-order valence-electron chi connectivity index (χ3n) is 5.37. The van der Waals surface area contributed by atoms with Crippen LogP contribution in [-0.4, -0.2) is 0 Å². The summed E-state index contributed by atoms with van der Waals surface area (Å²) in [5.74, 6) is 0. The molecular formula is C28H27ClN2. The third kappa shape index (κ3) is 4.30. The van der Waals surface area contributed by atoms with Crippen molar-refractivity contribution < 1.29 is 0 Å². The Balaban J connectivity index is 2.06. The number of nitrogens with zero attached hydrogens (tertiary/aromatic N) is 1. The molecule has 4 rings (SSSR count). The van der Waals surface area contributed by atoms with E-state index in [9.17, 15) is 0 Å². The Morgan fingerprint density at radius 3 is 1.77 bits per heavy atom. The van der Waals surface area contributed by atoms with E-state index in [1.165, 1.54) is 5.56 Å². The molecule has 156 valence electrons. The van der Waals surface area contributed by atoms with Gasteiger partial charge >= 0.3 is 0 Å². The SMILES string of the molecule is CC(C)(C)c1ccccc1-c1c(Cl)cc(N)cc1N(c1ccccc1)c1ccccc1. The number of nitrogens with two attached hydrogens (primary N) is 1. The lowest BCUT2D eigenvalue weighted by Crippen LogP contribution is -2.15. The van der Waals surface area contributed by atoms with Gasteiger partial charge in [-0.2, -0.15) is 0 Å². The van der Waals surface area contributed by atoms with Crippen molar-refractivity contribution in [1.29, 1.82) is 0 Å². The van der Waals surface area contributed by atoms with Crippen molar-refractivity contribution in [3.63, 3.8) is 0 Å². The summed E-state index contributed by atoms with van der Waals surface area (Å²) in [6.07, 6.45) is 0. The molecule has 2 nitrogen and oxygen atoms in total. The number of anilines is 4. The first-order valence-corrected chi connectivity index (χ1v) is 10.8. The number of halogens is 1. The van der Waals surface area contributed by atoms with Crippen LogP contribution >= 0.6 is 11.6 Å². The average Bonchev–Trinajstić information content (AvgIpc) is 2.75. The van der Waals surface area contributed by atoms with Crippen molar-refractivity contribution in [3.8, 4) is 11.1 Å². The van der Waals surface area contributed by atoms with E-state index in [4.69, 9.17) is 17.3 Å². The zero-order chi connectivity index (χ0) is 22.0. The number of hydrogen-bond acceptors (Lipinski definition) is 2. The van der Waals surface area contributed by atoms with Gasteiger partial charge in [-0.05, 0) is 52.9 Å². The summed E-state index contributed by atoms with van der Waals surface area (Å²) in [5, 5.41) is 0.642. The van der Waals surface area contributed by atoms with Crippen LogP contribution in [0.25, 0.3) is 11.1 Å². The highest BCUT2D eigenvalue weighted by Crippen LogP contribution is 2.47. The summed E-state index contributed by atoms with van der Waals surface area (Å²) in [5.41, 5.74) is 13.3. The summed E-state index contributed by atoms with van der Waals surface area (Å²) < 4.78 is 0. The molecule has 0 saturated heterocycles. The number of rotatable bonds is 4. The van der Waals surface area contributed by atoms with Gasteiger partial charge in [-0.3, -0.25) is 0 Å². The Kier molecular flexibility index (Phi) is 5.75. The van der Waals surface area contributed by atoms with Gasteiger partial charge in [0.1, 0.15) is 0 Å². The maximum absolute atomic E-state index is 6.90. The average molecular weight is 427 g/mol. The molecule has 0 amide bonds. The van der Waals surface area contributed by atoms with Crippen LogP contribution in [0.15, 0.2) is 97.1 Å². The molecule has 4 aromatic rings. The number of benzene rings is 4. The monoisotopic (exact) mass is 426 g/mol. The first kappa shape index (κ1) is 21.0. The minimum absolute atomic E-state index is 0.0388. The van der Waals surface area contributed by atoms with Crippen LogP contribution in [0.5, 0.6) is 0 Å². The van der Waals surface area contributed by atoms with Gasteiger partial charge in [0, 0.05) is 22.6 Å². The van der Waals surface area contributed by atoms with Gasteiger partial charge < -0.3 is 10.6 Å². The Hall–Kier alpha value is -3.23. The molecule has 0 aliphatic rings. The fourth-order valence-electron chi connectivity index (χ4n) is 3.99. The summed E-state index contributed by atoms with van der Waals surface area (Å²) in [6, 6.07) is 33.0. The molecule has 0 radical (unpaired) electrons. The van der Waals surface area contributed by atoms with E-state index in [2.05, 4.69) is 74.2 Å². The first-order valence-electron chi connectivity index (χ1n) is 10.5. The van der Waals surface area contributed by atoms with Gasteiger partial charge in [-0.1, -0.05) is 93.0 Å². The van der Waals surface area contributed by atoms with Gasteiger partial charge in [0.2, 0.25) is 0 Å². The number of nitrogen functional groups attached to an aromatic ring is 1. The molecule has 4 aromatic carbocycles. The maximum Gasteiger partial charge on any atom is 0.0575 e. The van der Waals surface area contributed by atoms with Crippen LogP contribution in [-0.2, 0) is 5.41 Å². The quantitative estimate of drug-likeness (QED) is 0.332. The van der Waals surface area contributed by atoms with Gasteiger partial charge in [0.05, 0.1) is 10.7 Å². The molecule has 0 bridgehead atoms. The molecular weight excluding hydrogens is 400 g/mol. The van der Waals surface area contributed by atoms with Crippen molar-refractivity contribution in [3.05, 3.63) is 108 Å². The summed E-state index contributed by atoms with van der Waals surface area (Å²) >= 11 is 6.90. The summed E-state index contributed by atoms with van der Waals surface area (Å²) in [4.78, 5) is 2.22. The molecule has 0 aliphatic heterocycles. The maximum atomic E-state index is 6.90. The fourth-order valence-corrected chi connectivity index (χ4v) is 4.32. The Morgan fingerprint density at radius 2 is 1.23 bits per heavy atom. The number of para-hydroxylation sites is 2. The first-order chi connectivity index (χ1) is 14.9. The predicted molar refractivity (Wildman–Crippen MR) is 135 cm³/mol. The van der Waals surface area contributed by atoms with Gasteiger partial charge in [-0.25, -0.2) is 0 Å². The minimum atomic E-state index is -0.0388. The summed E-state index contributed by atoms with van der Waals surface area (Å²) in [6.45, 7) is 6.68. The van der Waals surface area contributed by atoms with Gasteiger partial charge in [-0.15, -0.1) is 0 Å². The highest BCUT2D eigenvalue weighted by atomic mass is 35.5. The lowest BCUT2D eigenvalue weighted by molar-refractivity contribution is 0.592. The van der Waals surface area contributed by atoms with E-state index in [0.717, 1.165) is 28.2 Å². The van der Waals surface area contributed by atoms with Crippen LogP contribution in [0, 0.1) is 0 Å². The Morgan fingerprint density at radius 1 is 0.710 bits per heavy atom. The molecule has 0 heterocycles. The van der Waals surface area contributed by atoms with Crippen LogP contribution in [0.3, 0.4) is 0 Å². The van der Waals surface area contributed by atoms with Crippen molar-refractivity contribution in [2.45, 2.75) is 26.2 Å². The Bertz CT molecular complexity index is 1140. The minimum Gasteiger partial charge on any atom is -0.399 e. The Labute approximate surface area is 189 Å². The third-order valence-corrected chi connectivity index (χ3v) is 5.66. The van der Waals surface area contributed by atoms with Crippen LogP contribution < -0.4 is 10.6 Å². The second-order valence-corrected chi connectivity index (χ2v) is 9.11. The molecule has 3 heteroatoms. The zero-order valence-electron chi connectivity index (χ0n) is 18.1. The van der Waals surface area contributed by atoms with E-state index in [1.807, 2.05) is 48.5 Å². The summed E-state index contributed by atoms with van der Waals surface area (Å²) in [7, 11) is 0. The van der Waals surface area contributed by atoms with Crippen molar-refractivity contribution in [2.24, 2.45) is 0 Å². The highest BCUT2D eigenvalue weighted by molar-refractivity contribution is 6.34. The van der Waals surface area contributed by atoms with E-state index < -0.39 is 0 Å². The van der Waals surface area contributed by atoms with Crippen LogP contribution in [0.2, 0.25) is 5.02 Å². The van der Waals surface area contributed by atoms with Crippen molar-refractivity contribution in [1.82, 2.24) is 0 Å². The molecule has 0 spiro atoms. The highest BCUT2D eigenvalue weighted by Gasteiger charge is 2.25. The van der Waals surface area contributed by atoms with E-state index >= 15 is 0 Å². The van der Waals surface area contributed by atoms with Gasteiger partial charge in [0.25, 0.3) is 0 Å². The smallest absolute Gasteiger partial charge is 0.0575 e. The number of hydrogen-bond donors (Lipinski definition) is 1. The largest absolute Gasteiger partial charge is 0.399 e. The zero-order valence-corrected chi connectivity index (χ0v) is 18.9. The topological polar surface area (TPSA) is 29.3 Å². The molecule has 0 saturated carbocycles. The molecule has 0 atom stereocenters. The molecule has 0 aromatic heterocycles. The molecule has 0 fully saturated rings. The van der Waals surface area contributed by atoms with Crippen molar-refractivity contribution in [2.75, 3.05) is 10.6 Å². The van der Waals surface area contributed by atoms with Crippen LogP contribution in [0.4, 0.5) is 22.7 Å². The normalized spacial score (nSPS) is 11.4. The lowest BCUT2D eigenvalue weighted by Gasteiger charge is -2.30. The predicted octanol–water partition coefficient (Wildman–Crippen LogP) is 8.36.